The fourth-order valence-corrected chi connectivity index (χ4v) is 3.43. The summed E-state index contributed by atoms with van der Waals surface area (Å²) in [7, 11) is 0. The molecule has 0 unspecified atom stereocenters. The Morgan fingerprint density at radius 1 is 1.23 bits per heavy atom. The van der Waals surface area contributed by atoms with Gasteiger partial charge in [0.15, 0.2) is 0 Å². The molecule has 0 heterocycles. The van der Waals surface area contributed by atoms with Gasteiger partial charge in [-0.15, -0.1) is 0 Å². The molecule has 4 nitrogen and oxygen atoms in total. The van der Waals surface area contributed by atoms with E-state index in [1.165, 1.54) is 0 Å². The zero-order valence-corrected chi connectivity index (χ0v) is 15.1. The van der Waals surface area contributed by atoms with Gasteiger partial charge in [0.05, 0.1) is 18.6 Å². The van der Waals surface area contributed by atoms with Crippen LogP contribution in [0.25, 0.3) is 0 Å². The second-order valence-corrected chi connectivity index (χ2v) is 6.83. The normalized spacial score (nSPS) is 26.9. The van der Waals surface area contributed by atoms with Crippen LogP contribution in [0.1, 0.15) is 60.3 Å². The van der Waals surface area contributed by atoms with Crippen molar-refractivity contribution in [3.63, 3.8) is 0 Å². The Labute approximate surface area is 136 Å². The number of rotatable bonds is 9. The predicted molar refractivity (Wildman–Crippen MR) is 89.8 cm³/mol. The van der Waals surface area contributed by atoms with Crippen molar-refractivity contribution in [2.24, 2.45) is 17.8 Å². The van der Waals surface area contributed by atoms with Gasteiger partial charge in [-0.05, 0) is 57.9 Å². The van der Waals surface area contributed by atoms with Crippen molar-refractivity contribution in [1.82, 2.24) is 5.32 Å². The smallest absolute Gasteiger partial charge is 0.309 e. The molecule has 0 aromatic rings. The third-order valence-electron chi connectivity index (χ3n) is 4.74. The van der Waals surface area contributed by atoms with E-state index in [2.05, 4.69) is 33.0 Å². The Morgan fingerprint density at radius 3 is 2.50 bits per heavy atom. The van der Waals surface area contributed by atoms with Crippen molar-refractivity contribution >= 4 is 5.97 Å². The first-order valence-corrected chi connectivity index (χ1v) is 9.01. The summed E-state index contributed by atoms with van der Waals surface area (Å²) < 4.78 is 11.0. The first-order valence-electron chi connectivity index (χ1n) is 9.01. The van der Waals surface area contributed by atoms with Crippen molar-refractivity contribution in [2.75, 3.05) is 19.8 Å². The highest BCUT2D eigenvalue weighted by molar-refractivity contribution is 5.72. The number of hydrogen-bond donors (Lipinski definition) is 1. The lowest BCUT2D eigenvalue weighted by atomic mass is 9.78. The molecule has 0 aromatic heterocycles. The summed E-state index contributed by atoms with van der Waals surface area (Å²) in [6.45, 7) is 12.8. The zero-order valence-electron chi connectivity index (χ0n) is 15.1. The van der Waals surface area contributed by atoms with Crippen LogP contribution in [0.4, 0.5) is 0 Å². The van der Waals surface area contributed by atoms with Crippen molar-refractivity contribution in [1.29, 1.82) is 0 Å². The van der Waals surface area contributed by atoms with Crippen LogP contribution in [-0.2, 0) is 14.3 Å². The van der Waals surface area contributed by atoms with Gasteiger partial charge in [0.1, 0.15) is 0 Å². The van der Waals surface area contributed by atoms with Gasteiger partial charge in [-0.25, -0.2) is 0 Å². The molecule has 0 bridgehead atoms. The largest absolute Gasteiger partial charge is 0.466 e. The minimum Gasteiger partial charge on any atom is -0.466 e. The molecule has 0 amide bonds. The minimum atomic E-state index is -0.00957. The van der Waals surface area contributed by atoms with Gasteiger partial charge in [0.25, 0.3) is 0 Å². The molecule has 1 aliphatic carbocycles. The standard InChI is InChI=1S/C18H35NO3/c1-6-21-17(13(3)4)10-11-19-15-8-9-16(14(5)12-15)18(20)22-7-2/h13-17,19H,6-12H2,1-5H3/t14-,15+,16-,17-/m1/s1. The van der Waals surface area contributed by atoms with Crippen molar-refractivity contribution in [2.45, 2.75) is 72.4 Å². The monoisotopic (exact) mass is 313 g/mol. The maximum atomic E-state index is 11.9. The number of esters is 1. The van der Waals surface area contributed by atoms with E-state index in [9.17, 15) is 4.79 Å². The van der Waals surface area contributed by atoms with Crippen molar-refractivity contribution < 1.29 is 14.3 Å². The second-order valence-electron chi connectivity index (χ2n) is 6.83. The van der Waals surface area contributed by atoms with E-state index in [0.717, 1.165) is 38.8 Å². The number of hydrogen-bond acceptors (Lipinski definition) is 4. The van der Waals surface area contributed by atoms with E-state index in [1.54, 1.807) is 0 Å². The summed E-state index contributed by atoms with van der Waals surface area (Å²) in [4.78, 5) is 11.9. The molecule has 130 valence electrons. The van der Waals surface area contributed by atoms with Crippen LogP contribution in [0.3, 0.4) is 0 Å². The Bertz CT molecular complexity index is 319. The van der Waals surface area contributed by atoms with Crippen LogP contribution in [0.2, 0.25) is 0 Å². The van der Waals surface area contributed by atoms with Crippen LogP contribution in [0.5, 0.6) is 0 Å². The molecule has 4 heteroatoms. The highest BCUT2D eigenvalue weighted by Gasteiger charge is 2.33. The number of carbonyl (C=O) groups excluding carboxylic acids is 1. The molecular weight excluding hydrogens is 278 g/mol. The quantitative estimate of drug-likeness (QED) is 0.663. The number of ether oxygens (including phenoxy) is 2. The van der Waals surface area contributed by atoms with E-state index in [-0.39, 0.29) is 11.9 Å². The lowest BCUT2D eigenvalue weighted by Crippen LogP contribution is -2.41. The molecule has 1 rings (SSSR count). The van der Waals surface area contributed by atoms with Crippen LogP contribution in [0.15, 0.2) is 0 Å². The molecular formula is C18H35NO3. The third kappa shape index (κ3) is 6.25. The molecule has 0 radical (unpaired) electrons. The van der Waals surface area contributed by atoms with Gasteiger partial charge in [-0.1, -0.05) is 20.8 Å². The maximum absolute atomic E-state index is 11.9. The van der Waals surface area contributed by atoms with Crippen LogP contribution >= 0.6 is 0 Å². The summed E-state index contributed by atoms with van der Waals surface area (Å²) in [5, 5.41) is 3.66. The van der Waals surface area contributed by atoms with E-state index >= 15 is 0 Å². The van der Waals surface area contributed by atoms with Crippen molar-refractivity contribution in [3.8, 4) is 0 Å². The summed E-state index contributed by atoms with van der Waals surface area (Å²) in [6.07, 6.45) is 4.46. The number of carbonyl (C=O) groups is 1. The molecule has 1 N–H and O–H groups in total. The van der Waals surface area contributed by atoms with E-state index < -0.39 is 0 Å². The Balaban J connectivity index is 2.30. The topological polar surface area (TPSA) is 47.6 Å². The maximum Gasteiger partial charge on any atom is 0.309 e. The summed E-state index contributed by atoms with van der Waals surface area (Å²) in [6, 6.07) is 0.523. The van der Waals surface area contributed by atoms with E-state index in [1.807, 2.05) is 6.92 Å². The fourth-order valence-electron chi connectivity index (χ4n) is 3.43. The van der Waals surface area contributed by atoms with Gasteiger partial charge < -0.3 is 14.8 Å². The molecule has 1 saturated carbocycles. The Hall–Kier alpha value is -0.610. The molecule has 22 heavy (non-hydrogen) atoms. The molecule has 0 aromatic carbocycles. The van der Waals surface area contributed by atoms with Gasteiger partial charge in [0, 0.05) is 12.6 Å². The lowest BCUT2D eigenvalue weighted by Gasteiger charge is -2.33. The lowest BCUT2D eigenvalue weighted by molar-refractivity contribution is -0.151. The minimum absolute atomic E-state index is 0.00957. The summed E-state index contributed by atoms with van der Waals surface area (Å²) in [5.74, 6) is 1.04. The highest BCUT2D eigenvalue weighted by Crippen LogP contribution is 2.31. The van der Waals surface area contributed by atoms with Crippen LogP contribution in [0, 0.1) is 17.8 Å². The Morgan fingerprint density at radius 2 is 1.95 bits per heavy atom. The van der Waals surface area contributed by atoms with E-state index in [4.69, 9.17) is 9.47 Å². The van der Waals surface area contributed by atoms with Gasteiger partial charge >= 0.3 is 5.97 Å². The van der Waals surface area contributed by atoms with Crippen LogP contribution < -0.4 is 5.32 Å². The average molecular weight is 313 g/mol. The van der Waals surface area contributed by atoms with Gasteiger partial charge in [0.2, 0.25) is 0 Å². The zero-order chi connectivity index (χ0) is 16.5. The van der Waals surface area contributed by atoms with Crippen LogP contribution in [-0.4, -0.2) is 37.9 Å². The predicted octanol–water partition coefficient (Wildman–Crippen LogP) is 3.40. The average Bonchev–Trinajstić information content (AvgIpc) is 2.46. The van der Waals surface area contributed by atoms with Crippen molar-refractivity contribution in [3.05, 3.63) is 0 Å². The third-order valence-corrected chi connectivity index (χ3v) is 4.74. The molecule has 0 saturated heterocycles. The molecule has 0 aliphatic heterocycles. The fraction of sp³-hybridized carbons (Fsp3) is 0.944. The van der Waals surface area contributed by atoms with Gasteiger partial charge in [-0.2, -0.15) is 0 Å². The molecule has 1 aliphatic rings. The van der Waals surface area contributed by atoms with E-state index in [0.29, 0.717) is 30.6 Å². The summed E-state index contributed by atoms with van der Waals surface area (Å²) in [5.41, 5.74) is 0. The van der Waals surface area contributed by atoms with Gasteiger partial charge in [-0.3, -0.25) is 4.79 Å². The molecule has 0 spiro atoms. The number of nitrogens with one attached hydrogen (secondary N) is 1. The summed E-state index contributed by atoms with van der Waals surface area (Å²) >= 11 is 0. The first kappa shape index (κ1) is 19.4. The Kier molecular flexibility index (Phi) is 9.03. The highest BCUT2D eigenvalue weighted by atomic mass is 16.5. The SMILES string of the molecule is CCOC(=O)[C@@H]1CC[C@H](NCC[C@@H](OCC)C(C)C)C[C@H]1C. The first-order chi connectivity index (χ1) is 10.5. The second kappa shape index (κ2) is 10.2. The molecule has 1 fully saturated rings. The molecule has 4 atom stereocenters.